The summed E-state index contributed by atoms with van der Waals surface area (Å²) in [4.78, 5) is 44.7. The Hall–Kier alpha value is -3.92. The molecule has 4 amide bonds. The Morgan fingerprint density at radius 3 is 2.42 bits per heavy atom. The second kappa shape index (κ2) is 10.4. The third-order valence-electron chi connectivity index (χ3n) is 7.73. The first-order valence-corrected chi connectivity index (χ1v) is 13.1. The Kier molecular flexibility index (Phi) is 7.07. The first kappa shape index (κ1) is 25.7. The van der Waals surface area contributed by atoms with Gasteiger partial charge >= 0.3 is 6.03 Å². The van der Waals surface area contributed by atoms with Crippen LogP contribution in [0.3, 0.4) is 0 Å². The third kappa shape index (κ3) is 4.71. The Balaban J connectivity index is 1.33. The lowest BCUT2D eigenvalue weighted by atomic mass is 9.88. The number of hydrogen-bond acceptors (Lipinski definition) is 6. The van der Waals surface area contributed by atoms with Crippen LogP contribution in [0.1, 0.15) is 46.8 Å². The molecular weight excluding hydrogens is 484 g/mol. The molecule has 3 heterocycles. The maximum Gasteiger partial charge on any atom is 0.322 e. The van der Waals surface area contributed by atoms with Gasteiger partial charge in [-0.15, -0.1) is 0 Å². The van der Waals surface area contributed by atoms with Gasteiger partial charge in [-0.25, -0.2) is 4.79 Å². The number of piperazine rings is 1. The lowest BCUT2D eigenvalue weighted by molar-refractivity contribution is -0.124. The third-order valence-corrected chi connectivity index (χ3v) is 7.73. The molecule has 0 saturated carbocycles. The summed E-state index contributed by atoms with van der Waals surface area (Å²) in [6, 6.07) is 11.9. The van der Waals surface area contributed by atoms with Crippen molar-refractivity contribution < 1.29 is 19.1 Å². The smallest absolute Gasteiger partial charge is 0.322 e. The second-order valence-corrected chi connectivity index (χ2v) is 10.1. The number of imide groups is 1. The summed E-state index contributed by atoms with van der Waals surface area (Å²) in [5.74, 6) is 0.305. The predicted octanol–water partition coefficient (Wildman–Crippen LogP) is 2.13. The minimum Gasteiger partial charge on any atom is -0.497 e. The second-order valence-electron chi connectivity index (χ2n) is 10.1. The molecule has 0 aromatic heterocycles. The van der Waals surface area contributed by atoms with E-state index in [1.165, 1.54) is 12.8 Å². The summed E-state index contributed by atoms with van der Waals surface area (Å²) in [6.07, 6.45) is 2.37. The van der Waals surface area contributed by atoms with E-state index in [2.05, 4.69) is 27.4 Å². The Labute approximate surface area is 222 Å². The number of amidine groups is 1. The first-order chi connectivity index (χ1) is 18.3. The van der Waals surface area contributed by atoms with Gasteiger partial charge in [0.25, 0.3) is 11.8 Å². The molecule has 3 N–H and O–H groups in total. The molecule has 2 saturated heterocycles. The van der Waals surface area contributed by atoms with Crippen LogP contribution in [-0.2, 0) is 16.9 Å². The zero-order chi connectivity index (χ0) is 26.9. The molecule has 3 aliphatic heterocycles. The lowest BCUT2D eigenvalue weighted by Gasteiger charge is -2.36. The van der Waals surface area contributed by atoms with E-state index in [-0.39, 0.29) is 12.5 Å². The van der Waals surface area contributed by atoms with E-state index >= 15 is 0 Å². The van der Waals surface area contributed by atoms with Crippen LogP contribution in [0.5, 0.6) is 5.75 Å². The minimum absolute atomic E-state index is 0.0169. The highest BCUT2D eigenvalue weighted by atomic mass is 16.5. The van der Waals surface area contributed by atoms with Crippen molar-refractivity contribution in [3.63, 3.8) is 0 Å². The largest absolute Gasteiger partial charge is 0.497 e. The molecule has 0 aliphatic carbocycles. The Bertz CT molecular complexity index is 1250. The maximum atomic E-state index is 13.2. The summed E-state index contributed by atoms with van der Waals surface area (Å²) in [5, 5.41) is 13.9. The molecule has 2 aromatic rings. The molecule has 0 radical (unpaired) electrons. The standard InChI is InChI=1S/C28H34N6O4/c1-3-4-11-32-12-14-33(15-13-32)24(29)19-5-8-21(9-6-19)28(26(36)30-27(37)31-28)18-34-17-20-7-10-22(38-2)16-23(20)25(34)35/h5-10,16,29H,3-4,11-15,17-18H2,1-2H3,(H2,30,31,36,37)/t28-/m0/s1. The van der Waals surface area contributed by atoms with Gasteiger partial charge in [0.05, 0.1) is 13.7 Å². The summed E-state index contributed by atoms with van der Waals surface area (Å²) >= 11 is 0. The SMILES string of the molecule is CCCCN1CCN(C(=N)c2ccc([C@]3(CN4Cc5ccc(OC)cc5C4=O)NC(=O)NC3=O)cc2)CC1. The summed E-state index contributed by atoms with van der Waals surface area (Å²) in [5.41, 5.74) is 1.25. The van der Waals surface area contributed by atoms with Crippen molar-refractivity contribution >= 4 is 23.7 Å². The number of ether oxygens (including phenoxy) is 1. The van der Waals surface area contributed by atoms with Gasteiger partial charge in [0.2, 0.25) is 0 Å². The molecule has 0 bridgehead atoms. The number of unbranched alkanes of at least 4 members (excludes halogenated alkanes) is 1. The molecule has 3 aliphatic rings. The topological polar surface area (TPSA) is 118 Å². The van der Waals surface area contributed by atoms with Crippen LogP contribution in [0.25, 0.3) is 0 Å². The molecule has 0 unspecified atom stereocenters. The van der Waals surface area contributed by atoms with Gasteiger partial charge in [-0.3, -0.25) is 25.2 Å². The van der Waals surface area contributed by atoms with E-state index in [0.29, 0.717) is 29.3 Å². The van der Waals surface area contributed by atoms with Gasteiger partial charge in [0.1, 0.15) is 11.6 Å². The highest BCUT2D eigenvalue weighted by molar-refractivity contribution is 6.08. The molecule has 38 heavy (non-hydrogen) atoms. The maximum absolute atomic E-state index is 13.2. The van der Waals surface area contributed by atoms with E-state index in [4.69, 9.17) is 10.1 Å². The van der Waals surface area contributed by atoms with Crippen molar-refractivity contribution in [3.8, 4) is 5.75 Å². The number of amides is 4. The number of nitrogens with zero attached hydrogens (tertiary/aromatic N) is 3. The van der Waals surface area contributed by atoms with Gasteiger partial charge in [-0.05, 0) is 36.2 Å². The first-order valence-electron chi connectivity index (χ1n) is 13.1. The fourth-order valence-electron chi connectivity index (χ4n) is 5.45. The molecule has 2 aromatic carbocycles. The van der Waals surface area contributed by atoms with Crippen molar-refractivity contribution in [3.05, 3.63) is 64.7 Å². The molecule has 5 rings (SSSR count). The number of urea groups is 1. The van der Waals surface area contributed by atoms with Gasteiger partial charge in [0.15, 0.2) is 5.54 Å². The number of carbonyl (C=O) groups excluding carboxylic acids is 3. The van der Waals surface area contributed by atoms with Crippen LogP contribution >= 0.6 is 0 Å². The molecular formula is C28H34N6O4. The molecule has 2 fully saturated rings. The summed E-state index contributed by atoms with van der Waals surface area (Å²) in [7, 11) is 1.54. The van der Waals surface area contributed by atoms with Gasteiger partial charge in [0, 0.05) is 43.9 Å². The number of methoxy groups -OCH3 is 1. The van der Waals surface area contributed by atoms with Crippen molar-refractivity contribution in [1.29, 1.82) is 5.41 Å². The fourth-order valence-corrected chi connectivity index (χ4v) is 5.45. The Morgan fingerprint density at radius 2 is 1.79 bits per heavy atom. The highest BCUT2D eigenvalue weighted by Gasteiger charge is 2.50. The molecule has 10 heteroatoms. The average molecular weight is 519 g/mol. The van der Waals surface area contributed by atoms with E-state index in [9.17, 15) is 14.4 Å². The minimum atomic E-state index is -1.43. The zero-order valence-electron chi connectivity index (χ0n) is 21.9. The van der Waals surface area contributed by atoms with Crippen molar-refractivity contribution in [2.45, 2.75) is 31.8 Å². The number of hydrogen-bond donors (Lipinski definition) is 3. The molecule has 200 valence electrons. The van der Waals surface area contributed by atoms with Gasteiger partial charge < -0.3 is 19.9 Å². The summed E-state index contributed by atoms with van der Waals surface area (Å²) in [6.45, 7) is 7.08. The van der Waals surface area contributed by atoms with E-state index in [1.54, 1.807) is 36.3 Å². The average Bonchev–Trinajstić information content (AvgIpc) is 3.41. The van der Waals surface area contributed by atoms with Crippen molar-refractivity contribution in [2.24, 2.45) is 0 Å². The summed E-state index contributed by atoms with van der Waals surface area (Å²) < 4.78 is 5.26. The van der Waals surface area contributed by atoms with Gasteiger partial charge in [-0.1, -0.05) is 43.7 Å². The number of fused-ring (bicyclic) bond motifs is 1. The quantitative estimate of drug-likeness (QED) is 0.280. The number of benzene rings is 2. The van der Waals surface area contributed by atoms with Crippen LogP contribution < -0.4 is 15.4 Å². The van der Waals surface area contributed by atoms with Crippen LogP contribution in [0.4, 0.5) is 4.79 Å². The highest BCUT2D eigenvalue weighted by Crippen LogP contribution is 2.32. The van der Waals surface area contributed by atoms with E-state index in [1.807, 2.05) is 18.2 Å². The monoisotopic (exact) mass is 518 g/mol. The number of carbonyl (C=O) groups is 3. The van der Waals surface area contributed by atoms with Gasteiger partial charge in [-0.2, -0.15) is 0 Å². The van der Waals surface area contributed by atoms with Crippen LogP contribution in [0, 0.1) is 5.41 Å². The normalized spacial score (nSPS) is 21.4. The van der Waals surface area contributed by atoms with Crippen molar-refractivity contribution in [1.82, 2.24) is 25.3 Å². The van der Waals surface area contributed by atoms with Crippen LogP contribution in [0.15, 0.2) is 42.5 Å². The Morgan fingerprint density at radius 1 is 1.05 bits per heavy atom. The number of nitrogens with one attached hydrogen (secondary N) is 3. The van der Waals surface area contributed by atoms with E-state index in [0.717, 1.165) is 43.9 Å². The number of rotatable bonds is 8. The van der Waals surface area contributed by atoms with E-state index < -0.39 is 17.5 Å². The predicted molar refractivity (Wildman–Crippen MR) is 142 cm³/mol. The van der Waals surface area contributed by atoms with Crippen molar-refractivity contribution in [2.75, 3.05) is 46.4 Å². The lowest BCUT2D eigenvalue weighted by Crippen LogP contribution is -2.52. The zero-order valence-corrected chi connectivity index (χ0v) is 21.9. The molecule has 1 atom stereocenters. The fraction of sp³-hybridized carbons (Fsp3) is 0.429. The van der Waals surface area contributed by atoms with Crippen LogP contribution in [0.2, 0.25) is 0 Å². The molecule has 0 spiro atoms. The molecule has 10 nitrogen and oxygen atoms in total. The van der Waals surface area contributed by atoms with Crippen LogP contribution in [-0.4, -0.2) is 84.8 Å².